The molecule has 0 fully saturated rings. The third-order valence-corrected chi connectivity index (χ3v) is 3.14. The number of nitrogen functional groups attached to an aromatic ring is 1. The van der Waals surface area contributed by atoms with Gasteiger partial charge in [-0.1, -0.05) is 6.07 Å². The van der Waals surface area contributed by atoms with Crippen molar-refractivity contribution in [2.75, 3.05) is 37.3 Å². The highest BCUT2D eigenvalue weighted by Crippen LogP contribution is 2.29. The fraction of sp³-hybridized carbons (Fsp3) is 0.533. The number of carbonyl (C=O) groups excluding carboxylic acids is 1. The first-order chi connectivity index (χ1) is 9.63. The van der Waals surface area contributed by atoms with Crippen molar-refractivity contribution in [2.24, 2.45) is 0 Å². The van der Waals surface area contributed by atoms with Gasteiger partial charge in [0.15, 0.2) is 0 Å². The van der Waals surface area contributed by atoms with Crippen LogP contribution in [0.4, 0.5) is 11.4 Å². The SMILES string of the molecule is CCOc1cccc(NCCC(=O)N(CC)CC)c1N. The van der Waals surface area contributed by atoms with E-state index in [1.54, 1.807) is 0 Å². The molecule has 0 unspecified atom stereocenters. The van der Waals surface area contributed by atoms with Crippen LogP contribution in [0, 0.1) is 0 Å². The van der Waals surface area contributed by atoms with Gasteiger partial charge in [0.2, 0.25) is 5.91 Å². The van der Waals surface area contributed by atoms with E-state index in [1.807, 2.05) is 43.9 Å². The molecule has 20 heavy (non-hydrogen) atoms. The molecular weight excluding hydrogens is 254 g/mol. The average molecular weight is 279 g/mol. The van der Waals surface area contributed by atoms with Crippen molar-refractivity contribution in [1.29, 1.82) is 0 Å². The van der Waals surface area contributed by atoms with E-state index in [-0.39, 0.29) is 5.91 Å². The molecule has 1 aromatic rings. The summed E-state index contributed by atoms with van der Waals surface area (Å²) in [6.45, 7) is 8.52. The Balaban J connectivity index is 2.54. The number of anilines is 2. The van der Waals surface area contributed by atoms with Crippen molar-refractivity contribution in [1.82, 2.24) is 4.90 Å². The first-order valence-electron chi connectivity index (χ1n) is 7.16. The first-order valence-corrected chi connectivity index (χ1v) is 7.16. The van der Waals surface area contributed by atoms with E-state index < -0.39 is 0 Å². The summed E-state index contributed by atoms with van der Waals surface area (Å²) in [7, 11) is 0. The Kier molecular flexibility index (Phi) is 6.70. The van der Waals surface area contributed by atoms with E-state index in [0.29, 0.717) is 31.0 Å². The Bertz CT molecular complexity index is 431. The molecule has 0 aliphatic rings. The second kappa shape index (κ2) is 8.30. The Morgan fingerprint density at radius 2 is 2.00 bits per heavy atom. The number of amides is 1. The molecule has 5 nitrogen and oxygen atoms in total. The predicted molar refractivity (Wildman–Crippen MR) is 83.1 cm³/mol. The maximum atomic E-state index is 11.9. The molecular formula is C15H25N3O2. The highest BCUT2D eigenvalue weighted by molar-refractivity contribution is 5.77. The van der Waals surface area contributed by atoms with Crippen LogP contribution in [0.5, 0.6) is 5.75 Å². The monoisotopic (exact) mass is 279 g/mol. The Morgan fingerprint density at radius 3 is 2.60 bits per heavy atom. The zero-order chi connectivity index (χ0) is 15.0. The predicted octanol–water partition coefficient (Wildman–Crippen LogP) is 2.34. The minimum atomic E-state index is 0.155. The molecule has 1 amide bonds. The molecule has 0 spiro atoms. The molecule has 0 radical (unpaired) electrons. The van der Waals surface area contributed by atoms with E-state index in [4.69, 9.17) is 10.5 Å². The van der Waals surface area contributed by atoms with Crippen molar-refractivity contribution in [3.63, 3.8) is 0 Å². The molecule has 1 aromatic carbocycles. The summed E-state index contributed by atoms with van der Waals surface area (Å²) in [4.78, 5) is 13.7. The van der Waals surface area contributed by atoms with E-state index in [2.05, 4.69) is 5.32 Å². The van der Waals surface area contributed by atoms with Gasteiger partial charge in [-0.15, -0.1) is 0 Å². The minimum Gasteiger partial charge on any atom is -0.492 e. The Hall–Kier alpha value is -1.91. The average Bonchev–Trinajstić information content (AvgIpc) is 2.44. The van der Waals surface area contributed by atoms with Crippen LogP contribution in [0.1, 0.15) is 27.2 Å². The zero-order valence-corrected chi connectivity index (χ0v) is 12.6. The molecule has 0 saturated carbocycles. The summed E-state index contributed by atoms with van der Waals surface area (Å²) < 4.78 is 5.44. The molecule has 5 heteroatoms. The van der Waals surface area contributed by atoms with Crippen molar-refractivity contribution in [2.45, 2.75) is 27.2 Å². The summed E-state index contributed by atoms with van der Waals surface area (Å²) in [6.07, 6.45) is 0.458. The third-order valence-electron chi connectivity index (χ3n) is 3.14. The van der Waals surface area contributed by atoms with Crippen LogP contribution in [0.2, 0.25) is 0 Å². The van der Waals surface area contributed by atoms with Gasteiger partial charge in [0, 0.05) is 26.1 Å². The molecule has 112 valence electrons. The number of rotatable bonds is 8. The van der Waals surface area contributed by atoms with Crippen LogP contribution in [-0.2, 0) is 4.79 Å². The molecule has 0 aromatic heterocycles. The number of hydrogen-bond donors (Lipinski definition) is 2. The second-order valence-electron chi connectivity index (χ2n) is 4.39. The van der Waals surface area contributed by atoms with Crippen LogP contribution in [-0.4, -0.2) is 37.0 Å². The molecule has 0 saturated heterocycles. The number of hydrogen-bond acceptors (Lipinski definition) is 4. The zero-order valence-electron chi connectivity index (χ0n) is 12.6. The van der Waals surface area contributed by atoms with Gasteiger partial charge in [0.05, 0.1) is 18.0 Å². The standard InChI is InChI=1S/C15H25N3O2/c1-4-18(5-2)14(19)10-11-17-12-8-7-9-13(15(12)16)20-6-3/h7-9,17H,4-6,10-11,16H2,1-3H3. The van der Waals surface area contributed by atoms with Crippen molar-refractivity contribution in [3.05, 3.63) is 18.2 Å². The van der Waals surface area contributed by atoms with Gasteiger partial charge >= 0.3 is 0 Å². The summed E-state index contributed by atoms with van der Waals surface area (Å²) in [6, 6.07) is 5.61. The first kappa shape index (κ1) is 16.1. The fourth-order valence-corrected chi connectivity index (χ4v) is 2.02. The van der Waals surface area contributed by atoms with Crippen LogP contribution < -0.4 is 15.8 Å². The van der Waals surface area contributed by atoms with Crippen LogP contribution in [0.15, 0.2) is 18.2 Å². The molecule has 1 rings (SSSR count). The van der Waals surface area contributed by atoms with Crippen LogP contribution in [0.25, 0.3) is 0 Å². The highest BCUT2D eigenvalue weighted by atomic mass is 16.5. The number of benzene rings is 1. The molecule has 0 atom stereocenters. The highest BCUT2D eigenvalue weighted by Gasteiger charge is 2.10. The Labute approximate surface area is 121 Å². The summed E-state index contributed by atoms with van der Waals surface area (Å²) in [5.74, 6) is 0.828. The lowest BCUT2D eigenvalue weighted by atomic mass is 10.2. The lowest BCUT2D eigenvalue weighted by Gasteiger charge is -2.19. The molecule has 0 heterocycles. The topological polar surface area (TPSA) is 67.6 Å². The van der Waals surface area contributed by atoms with Gasteiger partial charge in [0.25, 0.3) is 0 Å². The quantitative estimate of drug-likeness (QED) is 0.717. The lowest BCUT2D eigenvalue weighted by Crippen LogP contribution is -2.31. The number of ether oxygens (including phenoxy) is 1. The molecule has 0 aliphatic heterocycles. The number of nitrogens with two attached hydrogens (primary N) is 1. The van der Waals surface area contributed by atoms with E-state index in [1.165, 1.54) is 0 Å². The number of para-hydroxylation sites is 1. The normalized spacial score (nSPS) is 10.2. The van der Waals surface area contributed by atoms with Gasteiger partial charge in [-0.3, -0.25) is 4.79 Å². The molecule has 3 N–H and O–H groups in total. The van der Waals surface area contributed by atoms with Gasteiger partial charge in [-0.25, -0.2) is 0 Å². The van der Waals surface area contributed by atoms with E-state index in [9.17, 15) is 4.79 Å². The van der Waals surface area contributed by atoms with Gasteiger partial charge < -0.3 is 20.7 Å². The third kappa shape index (κ3) is 4.33. The van der Waals surface area contributed by atoms with Crippen molar-refractivity contribution < 1.29 is 9.53 Å². The van der Waals surface area contributed by atoms with Crippen LogP contribution in [0.3, 0.4) is 0 Å². The van der Waals surface area contributed by atoms with E-state index in [0.717, 1.165) is 18.8 Å². The van der Waals surface area contributed by atoms with Crippen molar-refractivity contribution in [3.8, 4) is 5.75 Å². The summed E-state index contributed by atoms with van der Waals surface area (Å²) >= 11 is 0. The summed E-state index contributed by atoms with van der Waals surface area (Å²) in [5, 5.41) is 3.19. The largest absolute Gasteiger partial charge is 0.492 e. The van der Waals surface area contributed by atoms with Gasteiger partial charge in [-0.2, -0.15) is 0 Å². The minimum absolute atomic E-state index is 0.155. The number of nitrogens with one attached hydrogen (secondary N) is 1. The second-order valence-corrected chi connectivity index (χ2v) is 4.39. The number of nitrogens with zero attached hydrogens (tertiary/aromatic N) is 1. The maximum absolute atomic E-state index is 11.9. The Morgan fingerprint density at radius 1 is 1.30 bits per heavy atom. The lowest BCUT2D eigenvalue weighted by molar-refractivity contribution is -0.130. The maximum Gasteiger partial charge on any atom is 0.224 e. The smallest absolute Gasteiger partial charge is 0.224 e. The number of carbonyl (C=O) groups is 1. The molecule has 0 bridgehead atoms. The van der Waals surface area contributed by atoms with Gasteiger partial charge in [0.1, 0.15) is 5.75 Å². The van der Waals surface area contributed by atoms with E-state index >= 15 is 0 Å². The van der Waals surface area contributed by atoms with Gasteiger partial charge in [-0.05, 0) is 32.9 Å². The molecule has 0 aliphatic carbocycles. The summed E-state index contributed by atoms with van der Waals surface area (Å²) in [5.41, 5.74) is 7.41. The fourth-order valence-electron chi connectivity index (χ4n) is 2.02. The van der Waals surface area contributed by atoms with Crippen LogP contribution >= 0.6 is 0 Å². The van der Waals surface area contributed by atoms with Crippen molar-refractivity contribution >= 4 is 17.3 Å².